The maximum absolute atomic E-state index is 10.8. The molecule has 1 unspecified atom stereocenters. The van der Waals surface area contributed by atoms with E-state index in [4.69, 9.17) is 0 Å². The van der Waals surface area contributed by atoms with E-state index in [0.29, 0.717) is 21.1 Å². The molecule has 0 bridgehead atoms. The summed E-state index contributed by atoms with van der Waals surface area (Å²) in [5, 5.41) is 26.1. The first-order chi connectivity index (χ1) is 10.5. The van der Waals surface area contributed by atoms with Crippen molar-refractivity contribution in [3.05, 3.63) is 56.6 Å². The van der Waals surface area contributed by atoms with Gasteiger partial charge in [-0.1, -0.05) is 18.2 Å². The summed E-state index contributed by atoms with van der Waals surface area (Å²) in [6.45, 7) is 2.66. The van der Waals surface area contributed by atoms with Crippen LogP contribution in [0.25, 0.3) is 10.9 Å². The fraction of sp³-hybridized carbons (Fsp3) is 0.188. The topological polar surface area (TPSA) is 58.3 Å². The van der Waals surface area contributed by atoms with Crippen LogP contribution in [0.2, 0.25) is 0 Å². The molecule has 1 aromatic heterocycles. The molecule has 0 aliphatic carbocycles. The van der Waals surface area contributed by atoms with Gasteiger partial charge in [0.2, 0.25) is 0 Å². The number of hydrogen-bond acceptors (Lipinski definition) is 3. The molecule has 6 heteroatoms. The summed E-state index contributed by atoms with van der Waals surface area (Å²) in [6, 6.07) is 11.2. The number of aryl methyl sites for hydroxylation is 1. The third-order valence-corrected chi connectivity index (χ3v) is 4.81. The zero-order chi connectivity index (χ0) is 15.9. The highest BCUT2D eigenvalue weighted by Gasteiger charge is 2.21. The largest absolute Gasteiger partial charge is 0.506 e. The van der Waals surface area contributed by atoms with E-state index in [9.17, 15) is 10.2 Å². The molecule has 114 valence electrons. The van der Waals surface area contributed by atoms with Crippen molar-refractivity contribution in [1.29, 1.82) is 0 Å². The summed E-state index contributed by atoms with van der Waals surface area (Å²) in [7, 11) is 0. The Hall–Kier alpha value is -1.37. The van der Waals surface area contributed by atoms with E-state index >= 15 is 0 Å². The van der Waals surface area contributed by atoms with Crippen LogP contribution in [0.1, 0.15) is 24.3 Å². The molecule has 0 saturated carbocycles. The van der Waals surface area contributed by atoms with E-state index in [0.717, 1.165) is 16.6 Å². The summed E-state index contributed by atoms with van der Waals surface area (Å²) >= 11 is 6.60. The number of nitrogens with zero attached hydrogens (tertiary/aromatic N) is 2. The third kappa shape index (κ3) is 2.55. The number of phenolic OH excluding ortho intramolecular Hbond substituents is 1. The average Bonchev–Trinajstić information content (AvgIpc) is 2.89. The summed E-state index contributed by atoms with van der Waals surface area (Å²) in [6.07, 6.45) is -0.833. The number of aliphatic hydroxyl groups is 1. The van der Waals surface area contributed by atoms with Gasteiger partial charge in [0, 0.05) is 11.9 Å². The van der Waals surface area contributed by atoms with Crippen LogP contribution in [0.5, 0.6) is 5.75 Å². The van der Waals surface area contributed by atoms with Crippen LogP contribution in [-0.2, 0) is 6.54 Å². The van der Waals surface area contributed by atoms with E-state index in [1.165, 1.54) is 0 Å². The molecule has 0 aliphatic rings. The lowest BCUT2D eigenvalue weighted by Crippen LogP contribution is -2.09. The third-order valence-electron chi connectivity index (χ3n) is 3.60. The van der Waals surface area contributed by atoms with E-state index in [2.05, 4.69) is 37.0 Å². The molecule has 22 heavy (non-hydrogen) atoms. The van der Waals surface area contributed by atoms with Crippen molar-refractivity contribution in [1.82, 2.24) is 9.78 Å². The van der Waals surface area contributed by atoms with Crippen molar-refractivity contribution >= 4 is 42.8 Å². The van der Waals surface area contributed by atoms with E-state index in [-0.39, 0.29) is 5.75 Å². The smallest absolute Gasteiger partial charge is 0.143 e. The van der Waals surface area contributed by atoms with Gasteiger partial charge < -0.3 is 10.2 Å². The van der Waals surface area contributed by atoms with Crippen LogP contribution in [0.15, 0.2) is 45.3 Å². The number of hydrogen-bond donors (Lipinski definition) is 2. The molecule has 3 rings (SSSR count). The molecule has 2 N–H and O–H groups in total. The summed E-state index contributed by atoms with van der Waals surface area (Å²) in [5.74, 6) is 0.116. The Kier molecular flexibility index (Phi) is 4.25. The highest BCUT2D eigenvalue weighted by molar-refractivity contribution is 9.11. The quantitative estimate of drug-likeness (QED) is 0.655. The zero-order valence-electron chi connectivity index (χ0n) is 11.8. The van der Waals surface area contributed by atoms with Crippen LogP contribution in [0.3, 0.4) is 0 Å². The van der Waals surface area contributed by atoms with Crippen molar-refractivity contribution in [2.75, 3.05) is 0 Å². The maximum atomic E-state index is 10.8. The summed E-state index contributed by atoms with van der Waals surface area (Å²) in [5.41, 5.74) is 2.29. The van der Waals surface area contributed by atoms with Crippen LogP contribution < -0.4 is 0 Å². The molecule has 0 amide bonds. The monoisotopic (exact) mass is 424 g/mol. The Morgan fingerprint density at radius 3 is 2.45 bits per heavy atom. The minimum atomic E-state index is -0.833. The van der Waals surface area contributed by atoms with Crippen molar-refractivity contribution in [3.63, 3.8) is 0 Å². The van der Waals surface area contributed by atoms with Crippen molar-refractivity contribution in [2.24, 2.45) is 0 Å². The average molecular weight is 426 g/mol. The maximum Gasteiger partial charge on any atom is 0.143 e. The molecule has 0 saturated heterocycles. The zero-order valence-corrected chi connectivity index (χ0v) is 15.0. The Balaban J connectivity index is 2.18. The van der Waals surface area contributed by atoms with Gasteiger partial charge in [0.15, 0.2) is 0 Å². The molecule has 3 aromatic rings. The molecular weight excluding hydrogens is 412 g/mol. The van der Waals surface area contributed by atoms with Gasteiger partial charge in [0.1, 0.15) is 11.9 Å². The predicted octanol–water partition coefficient (Wildman–Crippen LogP) is 4.37. The Morgan fingerprint density at radius 1 is 1.18 bits per heavy atom. The van der Waals surface area contributed by atoms with Gasteiger partial charge >= 0.3 is 0 Å². The molecule has 4 nitrogen and oxygen atoms in total. The lowest BCUT2D eigenvalue weighted by Gasteiger charge is -2.15. The standard InChI is InChI=1S/C16H14Br2N2O2/c1-2-20-14(10-5-3-4-6-13(10)19-20)15(21)9-7-11(17)16(22)12(18)8-9/h3-8,15,21-22H,2H2,1H3. The van der Waals surface area contributed by atoms with Gasteiger partial charge in [-0.2, -0.15) is 5.10 Å². The van der Waals surface area contributed by atoms with Crippen LogP contribution in [0.4, 0.5) is 0 Å². The second kappa shape index (κ2) is 6.02. The Bertz CT molecular complexity index is 822. The lowest BCUT2D eigenvalue weighted by molar-refractivity contribution is 0.209. The summed E-state index contributed by atoms with van der Waals surface area (Å²) in [4.78, 5) is 0. The fourth-order valence-electron chi connectivity index (χ4n) is 2.53. The predicted molar refractivity (Wildman–Crippen MR) is 93.0 cm³/mol. The van der Waals surface area contributed by atoms with Crippen LogP contribution >= 0.6 is 31.9 Å². The van der Waals surface area contributed by atoms with E-state index in [1.807, 2.05) is 35.9 Å². The number of aromatic hydroxyl groups is 1. The van der Waals surface area contributed by atoms with Crippen molar-refractivity contribution < 1.29 is 10.2 Å². The van der Waals surface area contributed by atoms with Crippen molar-refractivity contribution in [2.45, 2.75) is 19.6 Å². The number of phenols is 1. The number of fused-ring (bicyclic) bond motifs is 1. The van der Waals surface area contributed by atoms with Gasteiger partial charge in [-0.15, -0.1) is 0 Å². The molecule has 0 fully saturated rings. The molecular formula is C16H14Br2N2O2. The van der Waals surface area contributed by atoms with Gasteiger partial charge in [-0.05, 0) is 62.5 Å². The van der Waals surface area contributed by atoms with Gasteiger partial charge in [-0.25, -0.2) is 0 Å². The van der Waals surface area contributed by atoms with Crippen molar-refractivity contribution in [3.8, 4) is 5.75 Å². The first-order valence-corrected chi connectivity index (χ1v) is 8.43. The SMILES string of the molecule is CCn1nc2ccccc2c1C(O)c1cc(Br)c(O)c(Br)c1. The molecule has 0 aliphatic heterocycles. The molecule has 1 heterocycles. The van der Waals surface area contributed by atoms with Gasteiger partial charge in [-0.3, -0.25) is 4.68 Å². The second-order valence-electron chi connectivity index (χ2n) is 4.95. The normalized spacial score (nSPS) is 12.7. The lowest BCUT2D eigenvalue weighted by atomic mass is 10.0. The van der Waals surface area contributed by atoms with Gasteiger partial charge in [0.05, 0.1) is 20.2 Å². The molecule has 0 radical (unpaired) electrons. The number of halogens is 2. The minimum absolute atomic E-state index is 0.116. The number of aliphatic hydroxyl groups excluding tert-OH is 1. The summed E-state index contributed by atoms with van der Waals surface area (Å²) < 4.78 is 2.87. The fourth-order valence-corrected chi connectivity index (χ4v) is 3.75. The first-order valence-electron chi connectivity index (χ1n) is 6.84. The van der Waals surface area contributed by atoms with E-state index < -0.39 is 6.10 Å². The first kappa shape index (κ1) is 15.5. The number of benzene rings is 2. The minimum Gasteiger partial charge on any atom is -0.506 e. The highest BCUT2D eigenvalue weighted by atomic mass is 79.9. The van der Waals surface area contributed by atoms with Gasteiger partial charge in [0.25, 0.3) is 0 Å². The Morgan fingerprint density at radius 2 is 1.82 bits per heavy atom. The number of rotatable bonds is 3. The Labute approximate surface area is 144 Å². The number of aromatic nitrogens is 2. The second-order valence-corrected chi connectivity index (χ2v) is 6.66. The highest BCUT2D eigenvalue weighted by Crippen LogP contribution is 2.37. The van der Waals surface area contributed by atoms with Crippen LogP contribution in [0, 0.1) is 0 Å². The van der Waals surface area contributed by atoms with Crippen LogP contribution in [-0.4, -0.2) is 20.0 Å². The molecule has 0 spiro atoms. The molecule has 2 aromatic carbocycles. The van der Waals surface area contributed by atoms with E-state index in [1.54, 1.807) is 12.1 Å². The molecule has 1 atom stereocenters.